The number of halogens is 1. The summed E-state index contributed by atoms with van der Waals surface area (Å²) in [6.07, 6.45) is 1.56. The fourth-order valence-electron chi connectivity index (χ4n) is 1.52. The second-order valence-corrected chi connectivity index (χ2v) is 5.12. The van der Waals surface area contributed by atoms with Crippen molar-refractivity contribution in [2.45, 2.75) is 6.92 Å². The molecule has 18 heavy (non-hydrogen) atoms. The van der Waals surface area contributed by atoms with E-state index in [1.165, 1.54) is 5.56 Å². The first-order chi connectivity index (χ1) is 8.56. The summed E-state index contributed by atoms with van der Waals surface area (Å²) in [7, 11) is 3.90. The topological polar surface area (TPSA) is 41.0 Å². The fraction of sp³-hybridized carbons (Fsp3) is 0.231. The maximum absolute atomic E-state index is 4.21. The average molecular weight is 307 g/mol. The fourth-order valence-corrected chi connectivity index (χ4v) is 2.11. The van der Waals surface area contributed by atoms with Gasteiger partial charge in [-0.1, -0.05) is 6.07 Å². The summed E-state index contributed by atoms with van der Waals surface area (Å²) in [6.45, 7) is 2.06. The van der Waals surface area contributed by atoms with Gasteiger partial charge in [-0.2, -0.15) is 0 Å². The third-order valence-corrected chi connectivity index (χ3v) is 3.15. The van der Waals surface area contributed by atoms with Gasteiger partial charge in [0.25, 0.3) is 0 Å². The van der Waals surface area contributed by atoms with Crippen molar-refractivity contribution in [2.75, 3.05) is 24.3 Å². The molecule has 0 amide bonds. The van der Waals surface area contributed by atoms with Crippen molar-refractivity contribution in [1.82, 2.24) is 9.97 Å². The van der Waals surface area contributed by atoms with Gasteiger partial charge in [0.05, 0.1) is 5.69 Å². The van der Waals surface area contributed by atoms with Gasteiger partial charge in [0.15, 0.2) is 0 Å². The molecule has 0 atom stereocenters. The Morgan fingerprint density at radius 1 is 1.17 bits per heavy atom. The van der Waals surface area contributed by atoms with Crippen LogP contribution in [0.15, 0.2) is 35.1 Å². The summed E-state index contributed by atoms with van der Waals surface area (Å²) in [4.78, 5) is 10.3. The zero-order valence-corrected chi connectivity index (χ0v) is 12.2. The van der Waals surface area contributed by atoms with Crippen LogP contribution in [0.3, 0.4) is 0 Å². The second-order valence-electron chi connectivity index (χ2n) is 4.26. The highest BCUT2D eigenvalue weighted by Crippen LogP contribution is 2.26. The van der Waals surface area contributed by atoms with Gasteiger partial charge in [-0.15, -0.1) is 0 Å². The van der Waals surface area contributed by atoms with E-state index >= 15 is 0 Å². The molecular weight excluding hydrogens is 292 g/mol. The normalized spacial score (nSPS) is 10.2. The van der Waals surface area contributed by atoms with Crippen molar-refractivity contribution in [3.63, 3.8) is 0 Å². The van der Waals surface area contributed by atoms with Crippen LogP contribution >= 0.6 is 15.9 Å². The minimum atomic E-state index is 0.776. The van der Waals surface area contributed by atoms with Gasteiger partial charge in [-0.3, -0.25) is 0 Å². The van der Waals surface area contributed by atoms with Crippen LogP contribution in [0.4, 0.5) is 17.3 Å². The Hall–Kier alpha value is -1.62. The molecule has 0 bridgehead atoms. The molecule has 0 saturated carbocycles. The predicted octanol–water partition coefficient (Wildman–Crippen LogP) is 3.36. The molecule has 0 aliphatic heterocycles. The van der Waals surface area contributed by atoms with Crippen molar-refractivity contribution in [3.8, 4) is 0 Å². The number of aromatic nitrogens is 2. The Kier molecular flexibility index (Phi) is 3.81. The molecule has 2 aromatic rings. The number of hydrogen-bond acceptors (Lipinski definition) is 4. The molecule has 0 fully saturated rings. The number of aryl methyl sites for hydroxylation is 1. The first-order valence-corrected chi connectivity index (χ1v) is 6.38. The van der Waals surface area contributed by atoms with Crippen LogP contribution in [0.25, 0.3) is 0 Å². The van der Waals surface area contributed by atoms with Gasteiger partial charge in [0, 0.05) is 24.6 Å². The number of hydrogen-bond donors (Lipinski definition) is 1. The standard InChI is InChI=1S/C13H15BrN4/c1-9-4-5-11(10(14)6-9)17-12-7-13(18(2)3)16-8-15-12/h4-8H,1-3H3,(H,15,16,17). The van der Waals surface area contributed by atoms with E-state index in [4.69, 9.17) is 0 Å². The van der Waals surface area contributed by atoms with Gasteiger partial charge in [0.2, 0.25) is 0 Å². The zero-order valence-electron chi connectivity index (χ0n) is 10.6. The van der Waals surface area contributed by atoms with E-state index in [1.807, 2.05) is 31.1 Å². The number of nitrogens with zero attached hydrogens (tertiary/aromatic N) is 3. The Balaban J connectivity index is 2.25. The van der Waals surface area contributed by atoms with E-state index in [-0.39, 0.29) is 0 Å². The van der Waals surface area contributed by atoms with E-state index in [9.17, 15) is 0 Å². The first-order valence-electron chi connectivity index (χ1n) is 5.59. The maximum Gasteiger partial charge on any atom is 0.135 e. The summed E-state index contributed by atoms with van der Waals surface area (Å²) >= 11 is 3.54. The Morgan fingerprint density at radius 2 is 1.94 bits per heavy atom. The largest absolute Gasteiger partial charge is 0.363 e. The lowest BCUT2D eigenvalue weighted by Gasteiger charge is -2.13. The first kappa shape index (κ1) is 12.8. The third kappa shape index (κ3) is 2.98. The summed E-state index contributed by atoms with van der Waals surface area (Å²) in [5, 5.41) is 3.27. The number of anilines is 3. The lowest BCUT2D eigenvalue weighted by molar-refractivity contribution is 1.04. The molecule has 0 spiro atoms. The summed E-state index contributed by atoms with van der Waals surface area (Å²) in [5.41, 5.74) is 2.20. The number of benzene rings is 1. The van der Waals surface area contributed by atoms with Crippen LogP contribution in [-0.4, -0.2) is 24.1 Å². The van der Waals surface area contributed by atoms with E-state index in [2.05, 4.69) is 50.3 Å². The molecule has 0 unspecified atom stereocenters. The molecule has 5 heteroatoms. The van der Waals surface area contributed by atoms with Crippen molar-refractivity contribution in [2.24, 2.45) is 0 Å². The Bertz CT molecular complexity index is 554. The van der Waals surface area contributed by atoms with Gasteiger partial charge < -0.3 is 10.2 Å². The minimum absolute atomic E-state index is 0.776. The average Bonchev–Trinajstić information content (AvgIpc) is 2.33. The van der Waals surface area contributed by atoms with Gasteiger partial charge in [-0.05, 0) is 40.5 Å². The molecule has 1 aromatic heterocycles. The van der Waals surface area contributed by atoms with Crippen LogP contribution in [0.2, 0.25) is 0 Å². The predicted molar refractivity (Wildman–Crippen MR) is 78.5 cm³/mol. The minimum Gasteiger partial charge on any atom is -0.363 e. The lowest BCUT2D eigenvalue weighted by Crippen LogP contribution is -2.11. The molecule has 4 nitrogen and oxygen atoms in total. The summed E-state index contributed by atoms with van der Waals surface area (Å²) in [5.74, 6) is 1.65. The molecule has 0 saturated heterocycles. The summed E-state index contributed by atoms with van der Waals surface area (Å²) < 4.78 is 1.02. The Labute approximate surface area is 115 Å². The van der Waals surface area contributed by atoms with Crippen LogP contribution < -0.4 is 10.2 Å². The molecule has 0 aliphatic carbocycles. The molecule has 0 aliphatic rings. The highest BCUT2D eigenvalue weighted by atomic mass is 79.9. The number of rotatable bonds is 3. The lowest BCUT2D eigenvalue weighted by atomic mass is 10.2. The second kappa shape index (κ2) is 5.35. The smallest absolute Gasteiger partial charge is 0.135 e. The Morgan fingerprint density at radius 3 is 2.61 bits per heavy atom. The molecule has 2 rings (SSSR count). The van der Waals surface area contributed by atoms with E-state index in [1.54, 1.807) is 6.33 Å². The van der Waals surface area contributed by atoms with Crippen LogP contribution in [0.1, 0.15) is 5.56 Å². The molecule has 0 radical (unpaired) electrons. The zero-order chi connectivity index (χ0) is 13.1. The molecule has 1 aromatic carbocycles. The van der Waals surface area contributed by atoms with Gasteiger partial charge in [-0.25, -0.2) is 9.97 Å². The summed E-state index contributed by atoms with van der Waals surface area (Å²) in [6, 6.07) is 8.06. The quantitative estimate of drug-likeness (QED) is 0.944. The highest BCUT2D eigenvalue weighted by molar-refractivity contribution is 9.10. The van der Waals surface area contributed by atoms with Crippen molar-refractivity contribution in [1.29, 1.82) is 0 Å². The van der Waals surface area contributed by atoms with Crippen molar-refractivity contribution >= 4 is 33.3 Å². The molecule has 94 valence electrons. The maximum atomic E-state index is 4.21. The number of nitrogens with one attached hydrogen (secondary N) is 1. The van der Waals surface area contributed by atoms with Crippen molar-refractivity contribution < 1.29 is 0 Å². The molecule has 1 N–H and O–H groups in total. The highest BCUT2D eigenvalue weighted by Gasteiger charge is 2.04. The van der Waals surface area contributed by atoms with Gasteiger partial charge >= 0.3 is 0 Å². The SMILES string of the molecule is Cc1ccc(Nc2cc(N(C)C)ncn2)c(Br)c1. The monoisotopic (exact) mass is 306 g/mol. The molecule has 1 heterocycles. The van der Waals surface area contributed by atoms with Crippen molar-refractivity contribution in [3.05, 3.63) is 40.6 Å². The van der Waals surface area contributed by atoms with E-state index < -0.39 is 0 Å². The van der Waals surface area contributed by atoms with Crippen LogP contribution in [0, 0.1) is 6.92 Å². The van der Waals surface area contributed by atoms with Crippen LogP contribution in [0.5, 0.6) is 0 Å². The van der Waals surface area contributed by atoms with Crippen LogP contribution in [-0.2, 0) is 0 Å². The van der Waals surface area contributed by atoms with E-state index in [0.29, 0.717) is 0 Å². The third-order valence-electron chi connectivity index (χ3n) is 2.50. The molecular formula is C13H15BrN4. The van der Waals surface area contributed by atoms with E-state index in [0.717, 1.165) is 21.8 Å². The van der Waals surface area contributed by atoms with Gasteiger partial charge in [0.1, 0.15) is 18.0 Å².